The number of amides is 1. The van der Waals surface area contributed by atoms with E-state index in [-0.39, 0.29) is 18.5 Å². The average Bonchev–Trinajstić information content (AvgIpc) is 2.40. The van der Waals surface area contributed by atoms with Crippen LogP contribution >= 0.6 is 22.6 Å². The number of nitrogens with one attached hydrogen (secondary N) is 1. The maximum Gasteiger partial charge on any atom is 0.251 e. The van der Waals surface area contributed by atoms with E-state index < -0.39 is 23.4 Å². The van der Waals surface area contributed by atoms with Crippen LogP contribution in [0, 0.1) is 21.0 Å². The summed E-state index contributed by atoms with van der Waals surface area (Å²) in [6.07, 6.45) is 0.285. The molecule has 1 amide bonds. The monoisotopic (exact) mass is 405 g/mol. The SMILES string of the molecule is O=C(NCCc1cc(F)cc(F)c1)c1ccc(I)c(F)c1. The van der Waals surface area contributed by atoms with Gasteiger partial charge in [0.05, 0.1) is 0 Å². The van der Waals surface area contributed by atoms with E-state index in [1.807, 2.05) is 22.6 Å². The summed E-state index contributed by atoms with van der Waals surface area (Å²) in [5.41, 5.74) is 0.653. The van der Waals surface area contributed by atoms with Gasteiger partial charge in [-0.15, -0.1) is 0 Å². The second-order valence-electron chi connectivity index (χ2n) is 4.41. The van der Waals surface area contributed by atoms with Crippen molar-refractivity contribution in [3.05, 3.63) is 68.5 Å². The Morgan fingerprint density at radius 3 is 2.33 bits per heavy atom. The van der Waals surface area contributed by atoms with Crippen LogP contribution in [0.15, 0.2) is 36.4 Å². The lowest BCUT2D eigenvalue weighted by molar-refractivity contribution is 0.0953. The van der Waals surface area contributed by atoms with E-state index in [1.54, 1.807) is 0 Å². The van der Waals surface area contributed by atoms with Crippen molar-refractivity contribution in [2.24, 2.45) is 0 Å². The first-order valence-corrected chi connectivity index (χ1v) is 7.22. The molecule has 0 aliphatic heterocycles. The van der Waals surface area contributed by atoms with Crippen LogP contribution in [-0.4, -0.2) is 12.5 Å². The molecule has 0 aliphatic rings. The molecule has 2 aromatic carbocycles. The smallest absolute Gasteiger partial charge is 0.251 e. The van der Waals surface area contributed by atoms with Gasteiger partial charge in [-0.1, -0.05) is 0 Å². The molecule has 0 unspecified atom stereocenters. The standard InChI is InChI=1S/C15H11F3INO/c16-11-5-9(6-12(17)8-11)3-4-20-15(21)10-1-2-14(19)13(18)7-10/h1-2,5-8H,3-4H2,(H,20,21). The predicted molar refractivity (Wildman–Crippen MR) is 81.5 cm³/mol. The third-order valence-corrected chi connectivity index (χ3v) is 3.68. The van der Waals surface area contributed by atoms with Crippen LogP contribution < -0.4 is 5.32 Å². The van der Waals surface area contributed by atoms with E-state index in [9.17, 15) is 18.0 Å². The van der Waals surface area contributed by atoms with Crippen LogP contribution in [0.3, 0.4) is 0 Å². The minimum Gasteiger partial charge on any atom is -0.352 e. The van der Waals surface area contributed by atoms with E-state index in [4.69, 9.17) is 0 Å². The van der Waals surface area contributed by atoms with Gasteiger partial charge in [-0.3, -0.25) is 4.79 Å². The molecule has 0 spiro atoms. The summed E-state index contributed by atoms with van der Waals surface area (Å²) in [6, 6.07) is 7.38. The van der Waals surface area contributed by atoms with Crippen molar-refractivity contribution >= 4 is 28.5 Å². The highest BCUT2D eigenvalue weighted by atomic mass is 127. The summed E-state index contributed by atoms with van der Waals surface area (Å²) >= 11 is 1.83. The van der Waals surface area contributed by atoms with Crippen molar-refractivity contribution in [3.8, 4) is 0 Å². The van der Waals surface area contributed by atoms with Gasteiger partial charge >= 0.3 is 0 Å². The minimum absolute atomic E-state index is 0.204. The van der Waals surface area contributed by atoms with Crippen LogP contribution in [0.5, 0.6) is 0 Å². The molecular weight excluding hydrogens is 394 g/mol. The molecule has 2 nitrogen and oxygen atoms in total. The van der Waals surface area contributed by atoms with Gasteiger partial charge < -0.3 is 5.32 Å². The normalized spacial score (nSPS) is 10.5. The number of hydrogen-bond acceptors (Lipinski definition) is 1. The molecule has 0 aliphatic carbocycles. The van der Waals surface area contributed by atoms with E-state index in [1.165, 1.54) is 24.3 Å². The van der Waals surface area contributed by atoms with Gasteiger partial charge in [0.15, 0.2) is 0 Å². The zero-order valence-electron chi connectivity index (χ0n) is 10.8. The van der Waals surface area contributed by atoms with Gasteiger partial charge in [-0.2, -0.15) is 0 Å². The Morgan fingerprint density at radius 2 is 1.71 bits per heavy atom. The van der Waals surface area contributed by atoms with Crippen molar-refractivity contribution in [3.63, 3.8) is 0 Å². The fourth-order valence-electron chi connectivity index (χ4n) is 1.82. The van der Waals surface area contributed by atoms with Crippen molar-refractivity contribution in [1.29, 1.82) is 0 Å². The van der Waals surface area contributed by atoms with E-state index >= 15 is 0 Å². The highest BCUT2D eigenvalue weighted by molar-refractivity contribution is 14.1. The largest absolute Gasteiger partial charge is 0.352 e. The summed E-state index contributed by atoms with van der Waals surface area (Å²) in [6.45, 7) is 0.204. The molecule has 0 heterocycles. The second-order valence-corrected chi connectivity index (χ2v) is 5.57. The zero-order chi connectivity index (χ0) is 15.4. The van der Waals surface area contributed by atoms with Crippen molar-refractivity contribution < 1.29 is 18.0 Å². The Balaban J connectivity index is 1.93. The quantitative estimate of drug-likeness (QED) is 0.773. The Morgan fingerprint density at radius 1 is 1.05 bits per heavy atom. The molecule has 0 atom stereocenters. The number of rotatable bonds is 4. The van der Waals surface area contributed by atoms with Crippen LogP contribution in [0.25, 0.3) is 0 Å². The zero-order valence-corrected chi connectivity index (χ0v) is 13.0. The summed E-state index contributed by atoms with van der Waals surface area (Å²) in [7, 11) is 0. The lowest BCUT2D eigenvalue weighted by Gasteiger charge is -2.06. The fourth-order valence-corrected chi connectivity index (χ4v) is 2.15. The minimum atomic E-state index is -0.656. The van der Waals surface area contributed by atoms with Gasteiger partial charge in [0.25, 0.3) is 5.91 Å². The van der Waals surface area contributed by atoms with Crippen LogP contribution in [0.2, 0.25) is 0 Å². The average molecular weight is 405 g/mol. The maximum atomic E-state index is 13.3. The number of carbonyl (C=O) groups is 1. The molecule has 6 heteroatoms. The topological polar surface area (TPSA) is 29.1 Å². The molecule has 0 aromatic heterocycles. The molecule has 0 fully saturated rings. The number of hydrogen-bond donors (Lipinski definition) is 1. The van der Waals surface area contributed by atoms with Gasteiger partial charge in [0.2, 0.25) is 0 Å². The van der Waals surface area contributed by atoms with Crippen molar-refractivity contribution in [1.82, 2.24) is 5.32 Å². The van der Waals surface area contributed by atoms with Gasteiger partial charge in [0.1, 0.15) is 17.5 Å². The Hall–Kier alpha value is -1.57. The Bertz CT molecular complexity index is 656. The summed E-state index contributed by atoms with van der Waals surface area (Å²) in [5.74, 6) is -2.20. The molecule has 21 heavy (non-hydrogen) atoms. The van der Waals surface area contributed by atoms with Gasteiger partial charge in [-0.25, -0.2) is 13.2 Å². The first kappa shape index (κ1) is 15.8. The molecule has 110 valence electrons. The fraction of sp³-hybridized carbons (Fsp3) is 0.133. The number of halogens is 4. The Labute approximate surface area is 133 Å². The first-order valence-electron chi connectivity index (χ1n) is 6.14. The van der Waals surface area contributed by atoms with Gasteiger partial charge in [-0.05, 0) is 64.9 Å². The molecular formula is C15H11F3INO. The maximum absolute atomic E-state index is 13.3. The Kier molecular flexibility index (Phi) is 5.22. The van der Waals surface area contributed by atoms with Gasteiger partial charge in [0, 0.05) is 21.7 Å². The lowest BCUT2D eigenvalue weighted by atomic mass is 10.1. The van der Waals surface area contributed by atoms with Crippen LogP contribution in [-0.2, 0) is 6.42 Å². The summed E-state index contributed by atoms with van der Waals surface area (Å²) < 4.78 is 39.8. The molecule has 0 bridgehead atoms. The third-order valence-electron chi connectivity index (χ3n) is 2.80. The molecule has 0 radical (unpaired) electrons. The predicted octanol–water partition coefficient (Wildman–Crippen LogP) is 3.68. The molecule has 0 saturated heterocycles. The van der Waals surface area contributed by atoms with Crippen LogP contribution in [0.1, 0.15) is 15.9 Å². The first-order chi connectivity index (χ1) is 9.95. The third kappa shape index (κ3) is 4.45. The number of carbonyl (C=O) groups excluding carboxylic acids is 1. The van der Waals surface area contributed by atoms with E-state index in [2.05, 4.69) is 5.32 Å². The second kappa shape index (κ2) is 6.93. The molecule has 2 rings (SSSR count). The van der Waals surface area contributed by atoms with E-state index in [0.717, 1.165) is 12.1 Å². The van der Waals surface area contributed by atoms with Crippen molar-refractivity contribution in [2.75, 3.05) is 6.54 Å². The highest BCUT2D eigenvalue weighted by Crippen LogP contribution is 2.12. The molecule has 0 saturated carbocycles. The van der Waals surface area contributed by atoms with Crippen molar-refractivity contribution in [2.45, 2.75) is 6.42 Å². The molecule has 1 N–H and O–H groups in total. The lowest BCUT2D eigenvalue weighted by Crippen LogP contribution is -2.25. The molecule has 2 aromatic rings. The highest BCUT2D eigenvalue weighted by Gasteiger charge is 2.08. The summed E-state index contributed by atoms with van der Waals surface area (Å²) in [5, 5.41) is 2.58. The summed E-state index contributed by atoms with van der Waals surface area (Å²) in [4.78, 5) is 11.8. The number of benzene rings is 2. The van der Waals surface area contributed by atoms with E-state index in [0.29, 0.717) is 9.13 Å². The van der Waals surface area contributed by atoms with Crippen LogP contribution in [0.4, 0.5) is 13.2 Å².